The van der Waals surface area contributed by atoms with Crippen molar-refractivity contribution in [3.05, 3.63) is 40.0 Å². The van der Waals surface area contributed by atoms with E-state index in [1.807, 2.05) is 24.4 Å². The van der Waals surface area contributed by atoms with Crippen LogP contribution in [0, 0.1) is 0 Å². The maximum atomic E-state index is 5.96. The zero-order chi connectivity index (χ0) is 11.1. The van der Waals surface area contributed by atoms with Crippen LogP contribution in [0.1, 0.15) is 0 Å². The number of hydrogen-bond donors (Lipinski definition) is 1. The van der Waals surface area contributed by atoms with E-state index in [1.54, 1.807) is 6.20 Å². The van der Waals surface area contributed by atoms with E-state index in [-0.39, 0.29) is 0 Å². The topological polar surface area (TPSA) is 28.7 Å². The molecule has 0 saturated carbocycles. The van der Waals surface area contributed by atoms with Crippen molar-refractivity contribution in [2.75, 3.05) is 0 Å². The standard InChI is InChI=1S/C11H6Cl2N2S/c12-7-5-14-8-3-6(4-15-11(7)8)9-1-2-10(13)16-9/h1-5,14H. The Hall–Kier alpha value is -1.03. The van der Waals surface area contributed by atoms with E-state index < -0.39 is 0 Å². The van der Waals surface area contributed by atoms with Crippen LogP contribution in [0.2, 0.25) is 9.36 Å². The highest BCUT2D eigenvalue weighted by Gasteiger charge is 2.06. The quantitative estimate of drug-likeness (QED) is 0.687. The minimum absolute atomic E-state index is 0.644. The number of aromatic amines is 1. The van der Waals surface area contributed by atoms with E-state index in [0.717, 1.165) is 25.8 Å². The molecule has 0 aliphatic rings. The first-order chi connectivity index (χ1) is 7.74. The Morgan fingerprint density at radius 2 is 2.12 bits per heavy atom. The Bertz CT molecular complexity index is 657. The van der Waals surface area contributed by atoms with Crippen LogP contribution in [0.25, 0.3) is 21.5 Å². The maximum absolute atomic E-state index is 5.96. The lowest BCUT2D eigenvalue weighted by Gasteiger charge is -1.96. The van der Waals surface area contributed by atoms with E-state index in [4.69, 9.17) is 23.2 Å². The van der Waals surface area contributed by atoms with Crippen LogP contribution in [0.4, 0.5) is 0 Å². The van der Waals surface area contributed by atoms with Gasteiger partial charge in [-0.15, -0.1) is 11.3 Å². The van der Waals surface area contributed by atoms with Gasteiger partial charge in [0, 0.05) is 22.8 Å². The Kier molecular flexibility index (Phi) is 2.39. The fourth-order valence-corrected chi connectivity index (χ4v) is 2.81. The number of fused-ring (bicyclic) bond motifs is 1. The number of pyridine rings is 1. The van der Waals surface area contributed by atoms with Gasteiger partial charge < -0.3 is 4.98 Å². The summed E-state index contributed by atoms with van der Waals surface area (Å²) in [7, 11) is 0. The van der Waals surface area contributed by atoms with E-state index in [2.05, 4.69) is 9.97 Å². The Labute approximate surface area is 106 Å². The number of hydrogen-bond acceptors (Lipinski definition) is 2. The molecule has 1 N–H and O–H groups in total. The maximum Gasteiger partial charge on any atom is 0.107 e. The second-order valence-electron chi connectivity index (χ2n) is 3.36. The molecule has 3 aromatic rings. The third-order valence-electron chi connectivity index (χ3n) is 2.33. The summed E-state index contributed by atoms with van der Waals surface area (Å²) in [5, 5.41) is 0.644. The summed E-state index contributed by atoms with van der Waals surface area (Å²) in [6.07, 6.45) is 3.55. The fourth-order valence-electron chi connectivity index (χ4n) is 1.58. The molecule has 0 aliphatic heterocycles. The summed E-state index contributed by atoms with van der Waals surface area (Å²) in [6, 6.07) is 5.89. The predicted octanol–water partition coefficient (Wildman–Crippen LogP) is 4.60. The monoisotopic (exact) mass is 268 g/mol. The Morgan fingerprint density at radius 1 is 1.25 bits per heavy atom. The third-order valence-corrected chi connectivity index (χ3v) is 3.89. The largest absolute Gasteiger partial charge is 0.358 e. The van der Waals surface area contributed by atoms with Gasteiger partial charge in [0.2, 0.25) is 0 Å². The predicted molar refractivity (Wildman–Crippen MR) is 69.4 cm³/mol. The zero-order valence-corrected chi connectivity index (χ0v) is 10.3. The van der Waals surface area contributed by atoms with Crippen LogP contribution in [0.5, 0.6) is 0 Å². The van der Waals surface area contributed by atoms with Crippen molar-refractivity contribution in [1.82, 2.24) is 9.97 Å². The first-order valence-corrected chi connectivity index (χ1v) is 6.19. The first-order valence-electron chi connectivity index (χ1n) is 4.62. The van der Waals surface area contributed by atoms with Crippen molar-refractivity contribution >= 4 is 45.6 Å². The van der Waals surface area contributed by atoms with Crippen molar-refractivity contribution in [3.8, 4) is 10.4 Å². The molecular formula is C11H6Cl2N2S. The Balaban J connectivity index is 2.18. The highest BCUT2D eigenvalue weighted by Crippen LogP contribution is 2.32. The zero-order valence-electron chi connectivity index (χ0n) is 8.00. The molecular weight excluding hydrogens is 263 g/mol. The summed E-state index contributed by atoms with van der Waals surface area (Å²) in [4.78, 5) is 8.51. The molecule has 80 valence electrons. The van der Waals surface area contributed by atoms with Crippen LogP contribution < -0.4 is 0 Å². The van der Waals surface area contributed by atoms with Crippen LogP contribution in [0.3, 0.4) is 0 Å². The van der Waals surface area contributed by atoms with Gasteiger partial charge in [-0.05, 0) is 18.2 Å². The van der Waals surface area contributed by atoms with Gasteiger partial charge in [-0.3, -0.25) is 4.98 Å². The average Bonchev–Trinajstić information content (AvgIpc) is 2.86. The molecule has 0 unspecified atom stereocenters. The van der Waals surface area contributed by atoms with Gasteiger partial charge in [0.05, 0.1) is 14.9 Å². The van der Waals surface area contributed by atoms with Gasteiger partial charge in [0.25, 0.3) is 0 Å². The number of rotatable bonds is 1. The molecule has 0 saturated heterocycles. The number of nitrogens with zero attached hydrogens (tertiary/aromatic N) is 1. The van der Waals surface area contributed by atoms with E-state index in [0.29, 0.717) is 5.02 Å². The number of halogens is 2. The highest BCUT2D eigenvalue weighted by molar-refractivity contribution is 7.19. The van der Waals surface area contributed by atoms with Crippen LogP contribution in [-0.4, -0.2) is 9.97 Å². The van der Waals surface area contributed by atoms with E-state index in [9.17, 15) is 0 Å². The molecule has 0 aliphatic carbocycles. The van der Waals surface area contributed by atoms with Gasteiger partial charge in [-0.1, -0.05) is 23.2 Å². The van der Waals surface area contributed by atoms with E-state index >= 15 is 0 Å². The molecule has 3 heterocycles. The number of thiophene rings is 1. The molecule has 0 atom stereocenters. The van der Waals surface area contributed by atoms with Gasteiger partial charge in [-0.2, -0.15) is 0 Å². The lowest BCUT2D eigenvalue weighted by Crippen LogP contribution is -1.78. The lowest BCUT2D eigenvalue weighted by atomic mass is 10.2. The Morgan fingerprint density at radius 3 is 2.88 bits per heavy atom. The molecule has 16 heavy (non-hydrogen) atoms. The lowest BCUT2D eigenvalue weighted by molar-refractivity contribution is 1.41. The van der Waals surface area contributed by atoms with Crippen molar-refractivity contribution in [2.24, 2.45) is 0 Å². The first kappa shape index (κ1) is 10.1. The molecule has 2 nitrogen and oxygen atoms in total. The molecule has 0 fully saturated rings. The van der Waals surface area contributed by atoms with Crippen molar-refractivity contribution in [1.29, 1.82) is 0 Å². The van der Waals surface area contributed by atoms with Gasteiger partial charge >= 0.3 is 0 Å². The van der Waals surface area contributed by atoms with Gasteiger partial charge in [-0.25, -0.2) is 0 Å². The van der Waals surface area contributed by atoms with Crippen molar-refractivity contribution in [3.63, 3.8) is 0 Å². The summed E-state index contributed by atoms with van der Waals surface area (Å²) >= 11 is 13.4. The summed E-state index contributed by atoms with van der Waals surface area (Å²) in [6.45, 7) is 0. The van der Waals surface area contributed by atoms with E-state index in [1.165, 1.54) is 11.3 Å². The number of aromatic nitrogens is 2. The van der Waals surface area contributed by atoms with Crippen LogP contribution in [0.15, 0.2) is 30.6 Å². The SMILES string of the molecule is Clc1ccc(-c2cnc3c(Cl)c[nH]c3c2)s1. The van der Waals surface area contributed by atoms with Gasteiger partial charge in [0.15, 0.2) is 0 Å². The second kappa shape index (κ2) is 3.77. The second-order valence-corrected chi connectivity index (χ2v) is 5.48. The molecule has 3 aromatic heterocycles. The van der Waals surface area contributed by atoms with Gasteiger partial charge in [0.1, 0.15) is 5.52 Å². The summed E-state index contributed by atoms with van der Waals surface area (Å²) < 4.78 is 0.777. The smallest absolute Gasteiger partial charge is 0.107 e. The average molecular weight is 269 g/mol. The summed E-state index contributed by atoms with van der Waals surface area (Å²) in [5.74, 6) is 0. The molecule has 0 radical (unpaired) electrons. The molecule has 3 rings (SSSR count). The van der Waals surface area contributed by atoms with Crippen LogP contribution in [-0.2, 0) is 0 Å². The van der Waals surface area contributed by atoms with Crippen molar-refractivity contribution < 1.29 is 0 Å². The fraction of sp³-hybridized carbons (Fsp3) is 0. The number of nitrogens with one attached hydrogen (secondary N) is 1. The molecule has 0 amide bonds. The summed E-state index contributed by atoms with van der Waals surface area (Å²) in [5.41, 5.74) is 2.78. The minimum atomic E-state index is 0.644. The third kappa shape index (κ3) is 1.61. The molecule has 0 bridgehead atoms. The van der Waals surface area contributed by atoms with Crippen LogP contribution >= 0.6 is 34.5 Å². The number of H-pyrrole nitrogens is 1. The minimum Gasteiger partial charge on any atom is -0.358 e. The molecule has 0 aromatic carbocycles. The highest BCUT2D eigenvalue weighted by atomic mass is 35.5. The molecule has 0 spiro atoms. The molecule has 5 heteroatoms. The normalized spacial score (nSPS) is 11.1. The van der Waals surface area contributed by atoms with Crippen molar-refractivity contribution in [2.45, 2.75) is 0 Å².